The number of carbonyl (C=O) groups is 1. The molecule has 0 saturated carbocycles. The number of piperazine rings is 1. The molecule has 2 N–H and O–H groups in total. The second-order valence-electron chi connectivity index (χ2n) is 7.77. The number of halogens is 1. The number of nitrogens with one attached hydrogen (secondary N) is 2. The van der Waals surface area contributed by atoms with Gasteiger partial charge in [0.05, 0.1) is 11.7 Å². The molecule has 30 heavy (non-hydrogen) atoms. The Morgan fingerprint density at radius 2 is 1.73 bits per heavy atom. The minimum absolute atomic E-state index is 0.0155. The maximum Gasteiger partial charge on any atom is 0.273 e. The van der Waals surface area contributed by atoms with Crippen LogP contribution in [0.25, 0.3) is 11.3 Å². The summed E-state index contributed by atoms with van der Waals surface area (Å²) in [5.74, 6) is 0.0155. The average Bonchev–Trinajstić information content (AvgIpc) is 3.33. The van der Waals surface area contributed by atoms with Crippen molar-refractivity contribution in [1.29, 1.82) is 0 Å². The number of carbonyl (C=O) groups excluding carboxylic acids is 1. The number of aromatic nitrogens is 2. The summed E-state index contributed by atoms with van der Waals surface area (Å²) < 4.78 is 0. The molecule has 1 unspecified atom stereocenters. The number of fused-ring (bicyclic) bond motifs is 1. The molecule has 154 valence electrons. The van der Waals surface area contributed by atoms with Gasteiger partial charge in [-0.1, -0.05) is 54.1 Å². The van der Waals surface area contributed by atoms with Crippen LogP contribution >= 0.6 is 11.6 Å². The lowest BCUT2D eigenvalue weighted by molar-refractivity contribution is 0.0717. The Morgan fingerprint density at radius 1 is 1.00 bits per heavy atom. The van der Waals surface area contributed by atoms with Crippen LogP contribution in [-0.4, -0.2) is 65.2 Å². The van der Waals surface area contributed by atoms with Crippen molar-refractivity contribution >= 4 is 17.5 Å². The molecule has 1 amide bonds. The third-order valence-electron chi connectivity index (χ3n) is 5.96. The number of H-pyrrole nitrogens is 1. The van der Waals surface area contributed by atoms with E-state index in [-0.39, 0.29) is 11.9 Å². The van der Waals surface area contributed by atoms with E-state index >= 15 is 0 Å². The molecule has 5 rings (SSSR count). The van der Waals surface area contributed by atoms with E-state index in [2.05, 4.69) is 32.5 Å². The fraction of sp³-hybridized carbons (Fsp3) is 0.304. The van der Waals surface area contributed by atoms with Gasteiger partial charge in [-0.2, -0.15) is 5.10 Å². The van der Waals surface area contributed by atoms with Crippen LogP contribution in [-0.2, 0) is 0 Å². The quantitative estimate of drug-likeness (QED) is 0.664. The van der Waals surface area contributed by atoms with Crippen LogP contribution in [0.2, 0.25) is 5.02 Å². The summed E-state index contributed by atoms with van der Waals surface area (Å²) in [5.41, 5.74) is 4.41. The van der Waals surface area contributed by atoms with Gasteiger partial charge in [-0.25, -0.2) is 0 Å². The van der Waals surface area contributed by atoms with Gasteiger partial charge in [0.1, 0.15) is 5.69 Å². The SMILES string of the molecule is O=C1c2[nH]nc(-c3ccc(Cl)cc3)c2C(c2ccccc2)N1CCN1CCNCC1. The van der Waals surface area contributed by atoms with Gasteiger partial charge in [0, 0.05) is 55.4 Å². The first-order chi connectivity index (χ1) is 14.7. The van der Waals surface area contributed by atoms with Crippen LogP contribution in [0.1, 0.15) is 27.7 Å². The lowest BCUT2D eigenvalue weighted by Crippen LogP contribution is -2.46. The van der Waals surface area contributed by atoms with Crippen molar-refractivity contribution in [2.45, 2.75) is 6.04 Å². The van der Waals surface area contributed by atoms with Crippen molar-refractivity contribution in [2.24, 2.45) is 0 Å². The first kappa shape index (κ1) is 19.3. The molecule has 3 aromatic rings. The summed E-state index contributed by atoms with van der Waals surface area (Å²) in [7, 11) is 0. The molecule has 0 aliphatic carbocycles. The van der Waals surface area contributed by atoms with Crippen LogP contribution in [0.4, 0.5) is 0 Å². The van der Waals surface area contributed by atoms with E-state index in [1.807, 2.05) is 47.4 Å². The van der Waals surface area contributed by atoms with Crippen molar-refractivity contribution < 1.29 is 4.79 Å². The largest absolute Gasteiger partial charge is 0.325 e. The summed E-state index contributed by atoms with van der Waals surface area (Å²) >= 11 is 6.08. The highest BCUT2D eigenvalue weighted by atomic mass is 35.5. The highest BCUT2D eigenvalue weighted by Gasteiger charge is 2.42. The lowest BCUT2D eigenvalue weighted by atomic mass is 9.96. The Hall–Kier alpha value is -2.67. The molecule has 1 fully saturated rings. The predicted molar refractivity (Wildman–Crippen MR) is 118 cm³/mol. The summed E-state index contributed by atoms with van der Waals surface area (Å²) in [6, 6.07) is 17.7. The Morgan fingerprint density at radius 3 is 2.47 bits per heavy atom. The highest BCUT2D eigenvalue weighted by molar-refractivity contribution is 6.30. The van der Waals surface area contributed by atoms with Gasteiger partial charge in [0.15, 0.2) is 0 Å². The summed E-state index contributed by atoms with van der Waals surface area (Å²) in [5, 5.41) is 11.6. The van der Waals surface area contributed by atoms with Gasteiger partial charge in [-0.15, -0.1) is 0 Å². The smallest absolute Gasteiger partial charge is 0.273 e. The molecule has 7 heteroatoms. The summed E-state index contributed by atoms with van der Waals surface area (Å²) in [6.45, 7) is 5.58. The minimum atomic E-state index is -0.152. The van der Waals surface area contributed by atoms with E-state index < -0.39 is 0 Å². The number of amides is 1. The highest BCUT2D eigenvalue weighted by Crippen LogP contribution is 2.42. The van der Waals surface area contributed by atoms with E-state index in [0.29, 0.717) is 17.3 Å². The first-order valence-corrected chi connectivity index (χ1v) is 10.7. The van der Waals surface area contributed by atoms with E-state index in [9.17, 15) is 4.79 Å². The second kappa shape index (κ2) is 8.22. The van der Waals surface area contributed by atoms with Gasteiger partial charge in [0.2, 0.25) is 0 Å². The van der Waals surface area contributed by atoms with Crippen LogP contribution in [0.5, 0.6) is 0 Å². The number of hydrogen-bond acceptors (Lipinski definition) is 4. The molecule has 6 nitrogen and oxygen atoms in total. The molecule has 0 radical (unpaired) electrons. The van der Waals surface area contributed by atoms with Crippen LogP contribution < -0.4 is 5.32 Å². The first-order valence-electron chi connectivity index (χ1n) is 10.4. The van der Waals surface area contributed by atoms with Crippen LogP contribution in [0.3, 0.4) is 0 Å². The zero-order valence-electron chi connectivity index (χ0n) is 16.6. The molecule has 2 aliphatic rings. The maximum absolute atomic E-state index is 13.4. The maximum atomic E-state index is 13.4. The molecule has 1 atom stereocenters. The van der Waals surface area contributed by atoms with Gasteiger partial charge in [-0.05, 0) is 17.7 Å². The van der Waals surface area contributed by atoms with E-state index in [1.165, 1.54) is 0 Å². The number of hydrogen-bond donors (Lipinski definition) is 2. The van der Waals surface area contributed by atoms with Crippen LogP contribution in [0, 0.1) is 0 Å². The number of nitrogens with zero attached hydrogens (tertiary/aromatic N) is 3. The molecular weight excluding hydrogens is 398 g/mol. The Labute approximate surface area is 180 Å². The normalized spacial score (nSPS) is 19.3. The molecule has 1 aromatic heterocycles. The zero-order chi connectivity index (χ0) is 20.5. The van der Waals surface area contributed by atoms with Crippen molar-refractivity contribution in [3.05, 3.63) is 76.4 Å². The monoisotopic (exact) mass is 421 g/mol. The molecule has 3 heterocycles. The summed E-state index contributed by atoms with van der Waals surface area (Å²) in [6.07, 6.45) is 0. The van der Waals surface area contributed by atoms with Crippen molar-refractivity contribution in [3.63, 3.8) is 0 Å². The molecule has 2 aromatic carbocycles. The number of aromatic amines is 1. The molecule has 0 bridgehead atoms. The number of benzene rings is 2. The van der Waals surface area contributed by atoms with Gasteiger partial charge in [0.25, 0.3) is 5.91 Å². The van der Waals surface area contributed by atoms with E-state index in [0.717, 1.165) is 55.1 Å². The minimum Gasteiger partial charge on any atom is -0.325 e. The Kier molecular flexibility index (Phi) is 5.29. The van der Waals surface area contributed by atoms with E-state index in [4.69, 9.17) is 11.6 Å². The van der Waals surface area contributed by atoms with Crippen LogP contribution in [0.15, 0.2) is 54.6 Å². The van der Waals surface area contributed by atoms with Gasteiger partial charge >= 0.3 is 0 Å². The second-order valence-corrected chi connectivity index (χ2v) is 8.21. The molecular formula is C23H24ClN5O. The van der Waals surface area contributed by atoms with Crippen molar-refractivity contribution in [1.82, 2.24) is 25.3 Å². The van der Waals surface area contributed by atoms with E-state index in [1.54, 1.807) is 0 Å². The standard InChI is InChI=1S/C23H24ClN5O/c24-18-8-6-16(7-9-18)20-19-21(27-26-20)23(30)29(15-14-28-12-10-25-11-13-28)22(19)17-4-2-1-3-5-17/h1-9,22,25H,10-15H2,(H,26,27). The zero-order valence-corrected chi connectivity index (χ0v) is 17.4. The Balaban J connectivity index is 1.51. The molecule has 0 spiro atoms. The third-order valence-corrected chi connectivity index (χ3v) is 6.22. The van der Waals surface area contributed by atoms with Gasteiger partial charge in [-0.3, -0.25) is 14.8 Å². The number of rotatable bonds is 5. The lowest BCUT2D eigenvalue weighted by Gasteiger charge is -2.31. The topological polar surface area (TPSA) is 64.3 Å². The fourth-order valence-electron chi connectivity index (χ4n) is 4.42. The predicted octanol–water partition coefficient (Wildman–Crippen LogP) is 3.18. The van der Waals surface area contributed by atoms with Crippen molar-refractivity contribution in [2.75, 3.05) is 39.3 Å². The Bertz CT molecular complexity index is 1030. The third kappa shape index (κ3) is 3.51. The molecule has 2 aliphatic heterocycles. The van der Waals surface area contributed by atoms with Gasteiger partial charge < -0.3 is 10.2 Å². The van der Waals surface area contributed by atoms with Crippen molar-refractivity contribution in [3.8, 4) is 11.3 Å². The molecule has 1 saturated heterocycles. The fourth-order valence-corrected chi connectivity index (χ4v) is 4.55. The average molecular weight is 422 g/mol. The summed E-state index contributed by atoms with van der Waals surface area (Å²) in [4.78, 5) is 17.8.